The number of hydrogen-bond donors (Lipinski definition) is 0. The minimum absolute atomic E-state index is 0. The molecule has 2 rings (SSSR count). The van der Waals surface area contributed by atoms with E-state index in [1.807, 2.05) is 0 Å². The third-order valence-corrected chi connectivity index (χ3v) is 11.8. The van der Waals surface area contributed by atoms with Crippen molar-refractivity contribution in [1.82, 2.24) is 0 Å². The molecular weight excluding hydrogens is 431 g/mol. The molecule has 26 heavy (non-hydrogen) atoms. The summed E-state index contributed by atoms with van der Waals surface area (Å²) in [7, 11) is -3.59. The van der Waals surface area contributed by atoms with Gasteiger partial charge in [-0.2, -0.15) is 0 Å². The summed E-state index contributed by atoms with van der Waals surface area (Å²) in [4.78, 5) is 0. The van der Waals surface area contributed by atoms with Crippen molar-refractivity contribution in [1.29, 1.82) is 0 Å². The quantitative estimate of drug-likeness (QED) is 0.536. The first kappa shape index (κ1) is 26.6. The fourth-order valence-corrected chi connectivity index (χ4v) is 12.7. The van der Waals surface area contributed by atoms with Crippen molar-refractivity contribution >= 4 is 16.4 Å². The molecule has 0 aromatic heterocycles. The summed E-state index contributed by atoms with van der Waals surface area (Å²) in [6.45, 7) is 19.1. The van der Waals surface area contributed by atoms with Gasteiger partial charge in [0, 0.05) is 0 Å². The van der Waals surface area contributed by atoms with Gasteiger partial charge in [-0.1, -0.05) is 0 Å². The van der Waals surface area contributed by atoms with Crippen molar-refractivity contribution in [3.63, 3.8) is 0 Å². The Bertz CT molecular complexity index is 637. The van der Waals surface area contributed by atoms with Crippen LogP contribution in [0.25, 0.3) is 0 Å². The molecule has 2 aliphatic carbocycles. The Hall–Kier alpha value is 0.648. The van der Waals surface area contributed by atoms with Crippen molar-refractivity contribution in [3.05, 3.63) is 45.0 Å². The molecule has 1 nitrogen and oxygen atoms in total. The van der Waals surface area contributed by atoms with Crippen molar-refractivity contribution < 1.29 is 49.7 Å². The zero-order valence-electron chi connectivity index (χ0n) is 17.5. The molecule has 0 aromatic carbocycles. The molecule has 1 atom stereocenters. The van der Waals surface area contributed by atoms with E-state index in [4.69, 9.17) is 4.43 Å². The molecule has 0 saturated carbocycles. The molecular formula is C20H33Cl2OSi2Ti. The molecule has 6 heteroatoms. The zero-order chi connectivity index (χ0) is 18.4. The maximum absolute atomic E-state index is 7.14. The summed E-state index contributed by atoms with van der Waals surface area (Å²) in [5.41, 5.74) is 1.61. The fraction of sp³-hybridized carbons (Fsp3) is 0.600. The minimum Gasteiger partial charge on any atom is -1.00 e. The summed E-state index contributed by atoms with van der Waals surface area (Å²) in [6, 6.07) is 0. The first-order chi connectivity index (χ1) is 10.8. The Morgan fingerprint density at radius 1 is 1.04 bits per heavy atom. The molecule has 0 spiro atoms. The number of rotatable bonds is 4. The molecule has 1 unspecified atom stereocenters. The zero-order valence-corrected chi connectivity index (χ0v) is 22.5. The van der Waals surface area contributed by atoms with Gasteiger partial charge in [-0.25, -0.2) is 0 Å². The van der Waals surface area contributed by atoms with Crippen LogP contribution in [0.3, 0.4) is 0 Å². The monoisotopic (exact) mass is 463 g/mol. The maximum Gasteiger partial charge on any atom is -1.00 e. The van der Waals surface area contributed by atoms with Gasteiger partial charge < -0.3 is 24.8 Å². The van der Waals surface area contributed by atoms with Crippen LogP contribution in [0, 0.1) is 5.41 Å². The van der Waals surface area contributed by atoms with Gasteiger partial charge >= 0.3 is 163 Å². The molecule has 0 heterocycles. The van der Waals surface area contributed by atoms with Crippen LogP contribution in [-0.2, 0) is 24.9 Å². The predicted molar refractivity (Wildman–Crippen MR) is 107 cm³/mol. The first-order valence-corrected chi connectivity index (χ1v) is 16.2. The van der Waals surface area contributed by atoms with Crippen LogP contribution in [-0.4, -0.2) is 21.6 Å². The Balaban J connectivity index is 0.00000312. The van der Waals surface area contributed by atoms with Crippen molar-refractivity contribution in [2.24, 2.45) is 5.41 Å². The summed E-state index contributed by atoms with van der Waals surface area (Å²) >= 11 is 2.31. The van der Waals surface area contributed by atoms with Crippen LogP contribution in [0.4, 0.5) is 0 Å². The van der Waals surface area contributed by atoms with E-state index in [-0.39, 0.29) is 35.5 Å². The minimum atomic E-state index is -1.88. The third-order valence-electron chi connectivity index (χ3n) is 5.14. The topological polar surface area (TPSA) is 9.23 Å². The smallest absolute Gasteiger partial charge is 1.00 e. The van der Waals surface area contributed by atoms with E-state index in [1.165, 1.54) is 5.57 Å². The summed E-state index contributed by atoms with van der Waals surface area (Å²) < 4.78 is 8.69. The number of hydrogen-bond acceptors (Lipinski definition) is 1. The Morgan fingerprint density at radius 3 is 2.04 bits per heavy atom. The van der Waals surface area contributed by atoms with E-state index >= 15 is 0 Å². The molecule has 2 aliphatic rings. The van der Waals surface area contributed by atoms with Crippen molar-refractivity contribution in [3.8, 4) is 0 Å². The van der Waals surface area contributed by atoms with Gasteiger partial charge in [-0.05, 0) is 0 Å². The van der Waals surface area contributed by atoms with Crippen molar-refractivity contribution in [2.45, 2.75) is 71.6 Å². The SMILES string of the molecule is CC(C)(C)C1=CC=CCC1(O[Si](C)(C)C)[Si](C)(C)C1=[C]([Ti+2])CC=C1.[Cl-].[Cl-]. The summed E-state index contributed by atoms with van der Waals surface area (Å²) in [6.07, 6.45) is 13.8. The number of halogens is 2. The predicted octanol–water partition coefficient (Wildman–Crippen LogP) is 0.0647. The van der Waals surface area contributed by atoms with Crippen molar-refractivity contribution in [2.75, 3.05) is 0 Å². The third kappa shape index (κ3) is 5.17. The largest absolute Gasteiger partial charge is 1.00 e. The Morgan fingerprint density at radius 2 is 1.62 bits per heavy atom. The van der Waals surface area contributed by atoms with Crippen LogP contribution in [0.2, 0.25) is 32.7 Å². The maximum atomic E-state index is 7.14. The summed E-state index contributed by atoms with van der Waals surface area (Å²) in [5, 5.41) is 1.47. The van der Waals surface area contributed by atoms with Gasteiger partial charge in [0.25, 0.3) is 0 Å². The standard InChI is InChI=1S/C20H33OSi2.2ClH.Ti/c1-19(2,3)18-15-11-12-16-20(18,21-22(4,5)6)23(7,8)17-13-9-10-14-17;;;/h9,11-13,15H,10,16H2,1-8H3;2*1H;/q;;;+2/p-2. The molecule has 0 aromatic rings. The first-order valence-electron chi connectivity index (χ1n) is 9.01. The van der Waals surface area contributed by atoms with Crippen LogP contribution in [0.5, 0.6) is 0 Å². The fourth-order valence-electron chi connectivity index (χ4n) is 4.15. The van der Waals surface area contributed by atoms with E-state index in [0.717, 1.165) is 12.8 Å². The van der Waals surface area contributed by atoms with Crippen LogP contribution in [0.15, 0.2) is 45.0 Å². The van der Waals surface area contributed by atoms with Gasteiger partial charge in [-0.3, -0.25) is 0 Å². The second-order valence-electron chi connectivity index (χ2n) is 9.63. The van der Waals surface area contributed by atoms with Gasteiger partial charge in [0.2, 0.25) is 0 Å². The van der Waals surface area contributed by atoms with E-state index in [9.17, 15) is 0 Å². The van der Waals surface area contributed by atoms with Gasteiger partial charge in [0.05, 0.1) is 0 Å². The average Bonchev–Trinajstić information content (AvgIpc) is 2.82. The van der Waals surface area contributed by atoms with E-state index in [0.29, 0.717) is 0 Å². The second kappa shape index (κ2) is 8.98. The van der Waals surface area contributed by atoms with Crippen LogP contribution >= 0.6 is 0 Å². The van der Waals surface area contributed by atoms with Gasteiger partial charge in [0.1, 0.15) is 0 Å². The van der Waals surface area contributed by atoms with Gasteiger partial charge in [0.15, 0.2) is 0 Å². The number of allylic oxidation sites excluding steroid dienone is 6. The molecule has 0 saturated heterocycles. The van der Waals surface area contributed by atoms with E-state index in [2.05, 4.69) is 104 Å². The van der Waals surface area contributed by atoms with Gasteiger partial charge in [-0.15, -0.1) is 0 Å². The Kier molecular flexibility index (Phi) is 9.21. The molecule has 0 amide bonds. The Labute approximate surface area is 187 Å². The molecule has 0 radical (unpaired) electrons. The molecule has 0 N–H and O–H groups in total. The van der Waals surface area contributed by atoms with Crippen LogP contribution < -0.4 is 24.8 Å². The van der Waals surface area contributed by atoms with E-state index < -0.39 is 16.4 Å². The molecule has 0 bridgehead atoms. The molecule has 145 valence electrons. The van der Waals surface area contributed by atoms with E-state index in [1.54, 1.807) is 9.07 Å². The normalized spacial score (nSPS) is 23.5. The molecule has 0 aliphatic heterocycles. The second-order valence-corrected chi connectivity index (χ2v) is 19.6. The summed E-state index contributed by atoms with van der Waals surface area (Å²) in [5.74, 6) is 0. The average molecular weight is 464 g/mol. The van der Waals surface area contributed by atoms with Crippen LogP contribution in [0.1, 0.15) is 33.6 Å². The molecule has 0 fully saturated rings.